The number of aryl methyl sites for hydroxylation is 1. The molecular weight excluding hydrogens is 528 g/mol. The first-order valence-corrected chi connectivity index (χ1v) is 14.3. The Kier molecular flexibility index (Phi) is 8.72. The number of ether oxygens (including phenoxy) is 1. The summed E-state index contributed by atoms with van der Waals surface area (Å²) in [5.74, 6) is 0.0536. The molecule has 0 radical (unpaired) electrons. The van der Waals surface area contributed by atoms with Gasteiger partial charge in [-0.05, 0) is 23.5 Å². The van der Waals surface area contributed by atoms with E-state index in [1.807, 2.05) is 53.3 Å². The number of allylic oxidation sites excluding steroid dienone is 1. The summed E-state index contributed by atoms with van der Waals surface area (Å²) < 4.78 is 6.97. The molecule has 0 aliphatic carbocycles. The van der Waals surface area contributed by atoms with Gasteiger partial charge < -0.3 is 10.1 Å². The number of thiophene rings is 1. The van der Waals surface area contributed by atoms with Gasteiger partial charge in [-0.15, -0.1) is 28.1 Å². The Morgan fingerprint density at radius 2 is 1.74 bits per heavy atom. The van der Waals surface area contributed by atoms with E-state index in [2.05, 4.69) is 55.0 Å². The number of nitrogens with one attached hydrogen (secondary N) is 1. The molecule has 0 saturated carbocycles. The van der Waals surface area contributed by atoms with Crippen LogP contribution < -0.4 is 5.32 Å². The highest BCUT2D eigenvalue weighted by Gasteiger charge is 2.23. The third-order valence-corrected chi connectivity index (χ3v) is 8.03. The zero-order chi connectivity index (χ0) is 28.2. The molecular formula is C30H32N4O3S2. The highest BCUT2D eigenvalue weighted by molar-refractivity contribution is 7.99. The first-order chi connectivity index (χ1) is 18.6. The predicted octanol–water partition coefficient (Wildman–Crippen LogP) is 6.98. The average molecular weight is 561 g/mol. The lowest BCUT2D eigenvalue weighted by Crippen LogP contribution is -2.16. The van der Waals surface area contributed by atoms with Gasteiger partial charge in [-0.25, -0.2) is 4.79 Å². The van der Waals surface area contributed by atoms with Crippen molar-refractivity contribution in [2.45, 2.75) is 44.8 Å². The Morgan fingerprint density at radius 1 is 1.08 bits per heavy atom. The fourth-order valence-electron chi connectivity index (χ4n) is 4.02. The fourth-order valence-corrected chi connectivity index (χ4v) is 5.74. The lowest BCUT2D eigenvalue weighted by atomic mass is 9.87. The molecule has 2 aromatic carbocycles. The molecule has 0 unspecified atom stereocenters. The molecule has 0 aliphatic heterocycles. The summed E-state index contributed by atoms with van der Waals surface area (Å²) in [4.78, 5) is 25.6. The quantitative estimate of drug-likeness (QED) is 0.135. The Hall–Kier alpha value is -3.69. The number of amides is 1. The molecule has 1 amide bonds. The zero-order valence-electron chi connectivity index (χ0n) is 22.8. The number of carbonyl (C=O) groups is 2. The molecule has 0 atom stereocenters. The van der Waals surface area contributed by atoms with Crippen LogP contribution in [-0.4, -0.2) is 39.5 Å². The van der Waals surface area contributed by atoms with E-state index >= 15 is 0 Å². The molecule has 2 heterocycles. The smallest absolute Gasteiger partial charge is 0.341 e. The van der Waals surface area contributed by atoms with Crippen LogP contribution in [0.3, 0.4) is 0 Å². The van der Waals surface area contributed by atoms with E-state index in [1.165, 1.54) is 35.8 Å². The van der Waals surface area contributed by atoms with Gasteiger partial charge in [-0.3, -0.25) is 9.36 Å². The van der Waals surface area contributed by atoms with Gasteiger partial charge in [0.1, 0.15) is 10.6 Å². The van der Waals surface area contributed by atoms with E-state index in [1.54, 1.807) is 6.08 Å². The van der Waals surface area contributed by atoms with Crippen molar-refractivity contribution in [3.63, 3.8) is 0 Å². The second-order valence-electron chi connectivity index (χ2n) is 10.1. The molecule has 0 aliphatic rings. The van der Waals surface area contributed by atoms with Crippen molar-refractivity contribution in [3.05, 3.63) is 83.3 Å². The first-order valence-electron chi connectivity index (χ1n) is 12.5. The van der Waals surface area contributed by atoms with Crippen LogP contribution in [0.25, 0.3) is 22.5 Å². The highest BCUT2D eigenvalue weighted by atomic mass is 32.2. The topological polar surface area (TPSA) is 86.1 Å². The summed E-state index contributed by atoms with van der Waals surface area (Å²) in [6.45, 7) is 12.9. The Labute approximate surface area is 237 Å². The summed E-state index contributed by atoms with van der Waals surface area (Å²) >= 11 is 2.58. The van der Waals surface area contributed by atoms with Crippen molar-refractivity contribution >= 4 is 40.0 Å². The molecule has 0 bridgehead atoms. The van der Waals surface area contributed by atoms with Crippen molar-refractivity contribution < 1.29 is 14.3 Å². The number of esters is 1. The first kappa shape index (κ1) is 28.3. The van der Waals surface area contributed by atoms with E-state index in [-0.39, 0.29) is 17.1 Å². The SMILES string of the molecule is C=CCn1c(SCC(=O)Nc2scc(-c3ccc(C)cc3)c2C(=O)OC)nnc1-c1ccc(C(C)(C)C)cc1. The van der Waals surface area contributed by atoms with E-state index in [0.717, 1.165) is 22.3 Å². The summed E-state index contributed by atoms with van der Waals surface area (Å²) in [5.41, 5.74) is 5.31. The maximum absolute atomic E-state index is 13.0. The van der Waals surface area contributed by atoms with Crippen molar-refractivity contribution in [1.29, 1.82) is 0 Å². The summed E-state index contributed by atoms with van der Waals surface area (Å²) in [5, 5.41) is 14.6. The minimum Gasteiger partial charge on any atom is -0.465 e. The average Bonchev–Trinajstić information content (AvgIpc) is 3.51. The third-order valence-electron chi connectivity index (χ3n) is 6.17. The van der Waals surface area contributed by atoms with Gasteiger partial charge in [0, 0.05) is 23.1 Å². The van der Waals surface area contributed by atoms with Gasteiger partial charge in [0.05, 0.1) is 12.9 Å². The number of nitrogens with zero attached hydrogens (tertiary/aromatic N) is 3. The van der Waals surface area contributed by atoms with Gasteiger partial charge >= 0.3 is 5.97 Å². The molecule has 0 fully saturated rings. The number of hydrogen-bond donors (Lipinski definition) is 1. The monoisotopic (exact) mass is 560 g/mol. The maximum atomic E-state index is 13.0. The number of hydrogen-bond acceptors (Lipinski definition) is 7. The normalized spacial score (nSPS) is 11.3. The fraction of sp³-hybridized carbons (Fsp3) is 0.267. The molecule has 0 spiro atoms. The van der Waals surface area contributed by atoms with Gasteiger partial charge in [0.2, 0.25) is 5.91 Å². The molecule has 1 N–H and O–H groups in total. The van der Waals surface area contributed by atoms with E-state index in [0.29, 0.717) is 28.1 Å². The van der Waals surface area contributed by atoms with Crippen LogP contribution in [0.5, 0.6) is 0 Å². The molecule has 0 saturated heterocycles. The summed E-state index contributed by atoms with van der Waals surface area (Å²) in [6, 6.07) is 16.2. The second-order valence-corrected chi connectivity index (χ2v) is 11.9. The number of carbonyl (C=O) groups excluding carboxylic acids is 2. The van der Waals surface area contributed by atoms with Gasteiger partial charge in [0.15, 0.2) is 11.0 Å². The molecule has 39 heavy (non-hydrogen) atoms. The lowest BCUT2D eigenvalue weighted by molar-refractivity contribution is -0.113. The van der Waals surface area contributed by atoms with Crippen molar-refractivity contribution in [2.75, 3.05) is 18.2 Å². The van der Waals surface area contributed by atoms with Crippen LogP contribution >= 0.6 is 23.1 Å². The number of methoxy groups -OCH3 is 1. The van der Waals surface area contributed by atoms with Crippen LogP contribution in [0.15, 0.2) is 71.7 Å². The largest absolute Gasteiger partial charge is 0.465 e. The van der Waals surface area contributed by atoms with Crippen molar-refractivity contribution in [1.82, 2.24) is 14.8 Å². The van der Waals surface area contributed by atoms with Gasteiger partial charge in [-0.1, -0.05) is 92.7 Å². The molecule has 4 aromatic rings. The maximum Gasteiger partial charge on any atom is 0.341 e. The second kappa shape index (κ2) is 12.0. The van der Waals surface area contributed by atoms with E-state index in [9.17, 15) is 9.59 Å². The van der Waals surface area contributed by atoms with Crippen LogP contribution in [-0.2, 0) is 21.5 Å². The Bertz CT molecular complexity index is 1480. The number of benzene rings is 2. The molecule has 2 aromatic heterocycles. The molecule has 7 nitrogen and oxygen atoms in total. The lowest BCUT2D eigenvalue weighted by Gasteiger charge is -2.19. The molecule has 4 rings (SSSR count). The minimum atomic E-state index is -0.498. The van der Waals surface area contributed by atoms with Crippen molar-refractivity contribution in [3.8, 4) is 22.5 Å². The highest BCUT2D eigenvalue weighted by Crippen LogP contribution is 2.36. The predicted molar refractivity (Wildman–Crippen MR) is 160 cm³/mol. The summed E-state index contributed by atoms with van der Waals surface area (Å²) in [7, 11) is 1.33. The van der Waals surface area contributed by atoms with E-state index in [4.69, 9.17) is 4.74 Å². The zero-order valence-corrected chi connectivity index (χ0v) is 24.4. The number of aromatic nitrogens is 3. The van der Waals surface area contributed by atoms with Crippen LogP contribution in [0.2, 0.25) is 0 Å². The number of rotatable bonds is 9. The minimum absolute atomic E-state index is 0.0545. The molecule has 9 heteroatoms. The Balaban J connectivity index is 1.51. The van der Waals surface area contributed by atoms with Gasteiger partial charge in [-0.2, -0.15) is 0 Å². The number of anilines is 1. The standard InChI is InChI=1S/C30H32N4O3S2/c1-7-16-34-26(21-12-14-22(15-13-21)30(3,4)5)32-33-29(34)39-18-24(35)31-27-25(28(36)37-6)23(17-38-27)20-10-8-19(2)9-11-20/h7-15,17H,1,16,18H2,2-6H3,(H,31,35). The summed E-state index contributed by atoms with van der Waals surface area (Å²) in [6.07, 6.45) is 1.78. The Morgan fingerprint density at radius 3 is 2.36 bits per heavy atom. The van der Waals surface area contributed by atoms with E-state index < -0.39 is 5.97 Å². The molecule has 202 valence electrons. The van der Waals surface area contributed by atoms with Crippen LogP contribution in [0.1, 0.15) is 42.3 Å². The van der Waals surface area contributed by atoms with Crippen LogP contribution in [0.4, 0.5) is 5.00 Å². The van der Waals surface area contributed by atoms with Crippen LogP contribution in [0, 0.1) is 6.92 Å². The number of thioether (sulfide) groups is 1. The third kappa shape index (κ3) is 6.49. The van der Waals surface area contributed by atoms with Crippen molar-refractivity contribution in [2.24, 2.45) is 0 Å². The van der Waals surface area contributed by atoms with Gasteiger partial charge in [0.25, 0.3) is 0 Å².